The number of nitrogens with zero attached hydrogens (tertiary/aromatic N) is 3. The van der Waals surface area contributed by atoms with E-state index in [1.807, 2.05) is 32.0 Å². The zero-order valence-electron chi connectivity index (χ0n) is 16.5. The Morgan fingerprint density at radius 1 is 1.00 bits per heavy atom. The number of piperazine rings is 1. The van der Waals surface area contributed by atoms with Crippen molar-refractivity contribution in [1.82, 2.24) is 9.80 Å². The molecular formula is C21H25N3O4. The highest BCUT2D eigenvalue weighted by molar-refractivity contribution is 5.97. The lowest BCUT2D eigenvalue weighted by Gasteiger charge is -2.35. The molecule has 1 aromatic carbocycles. The molecule has 2 heterocycles. The van der Waals surface area contributed by atoms with Crippen LogP contribution in [0.5, 0.6) is 0 Å². The van der Waals surface area contributed by atoms with Gasteiger partial charge in [-0.25, -0.2) is 0 Å². The number of hydrogen-bond acceptors (Lipinski definition) is 4. The highest BCUT2D eigenvalue weighted by Crippen LogP contribution is 2.19. The average Bonchev–Trinajstić information content (AvgIpc) is 3.19. The molecule has 1 aromatic heterocycles. The van der Waals surface area contributed by atoms with Crippen LogP contribution in [0.4, 0.5) is 5.69 Å². The Labute approximate surface area is 164 Å². The molecule has 0 aliphatic carbocycles. The van der Waals surface area contributed by atoms with E-state index in [1.54, 1.807) is 21.9 Å². The van der Waals surface area contributed by atoms with Crippen molar-refractivity contribution >= 4 is 23.4 Å². The van der Waals surface area contributed by atoms with E-state index < -0.39 is 0 Å². The molecule has 1 aliphatic heterocycles. The molecule has 148 valence electrons. The first kappa shape index (κ1) is 19.7. The van der Waals surface area contributed by atoms with Gasteiger partial charge >= 0.3 is 0 Å². The van der Waals surface area contributed by atoms with E-state index in [1.165, 1.54) is 18.1 Å². The first-order valence-corrected chi connectivity index (χ1v) is 9.32. The molecule has 1 aliphatic rings. The van der Waals surface area contributed by atoms with Gasteiger partial charge in [-0.3, -0.25) is 14.4 Å². The van der Waals surface area contributed by atoms with Gasteiger partial charge < -0.3 is 19.1 Å². The second-order valence-corrected chi connectivity index (χ2v) is 7.10. The lowest BCUT2D eigenvalue weighted by molar-refractivity contribution is -0.132. The van der Waals surface area contributed by atoms with E-state index in [2.05, 4.69) is 0 Å². The third kappa shape index (κ3) is 4.42. The summed E-state index contributed by atoms with van der Waals surface area (Å²) in [6.07, 6.45) is 1.47. The Morgan fingerprint density at radius 2 is 1.61 bits per heavy atom. The highest BCUT2D eigenvalue weighted by atomic mass is 16.3. The topological polar surface area (TPSA) is 74.1 Å². The van der Waals surface area contributed by atoms with E-state index >= 15 is 0 Å². The quantitative estimate of drug-likeness (QED) is 0.812. The largest absolute Gasteiger partial charge is 0.459 e. The van der Waals surface area contributed by atoms with Crippen LogP contribution in [0.15, 0.2) is 41.0 Å². The van der Waals surface area contributed by atoms with Gasteiger partial charge in [-0.05, 0) is 49.2 Å². The Balaban J connectivity index is 1.62. The molecule has 0 radical (unpaired) electrons. The summed E-state index contributed by atoms with van der Waals surface area (Å²) in [7, 11) is 0. The predicted molar refractivity (Wildman–Crippen MR) is 105 cm³/mol. The normalized spacial score (nSPS) is 14.1. The van der Waals surface area contributed by atoms with Gasteiger partial charge in [0.2, 0.25) is 11.8 Å². The van der Waals surface area contributed by atoms with Crippen molar-refractivity contribution in [2.75, 3.05) is 37.6 Å². The van der Waals surface area contributed by atoms with Crippen LogP contribution in [0.2, 0.25) is 0 Å². The molecule has 1 fully saturated rings. The van der Waals surface area contributed by atoms with Crippen molar-refractivity contribution in [2.24, 2.45) is 0 Å². The summed E-state index contributed by atoms with van der Waals surface area (Å²) in [5.74, 6) is -0.167. The minimum Gasteiger partial charge on any atom is -0.459 e. The van der Waals surface area contributed by atoms with Crippen LogP contribution in [0, 0.1) is 13.8 Å². The monoisotopic (exact) mass is 383 g/mol. The molecule has 28 heavy (non-hydrogen) atoms. The molecule has 0 atom stereocenters. The maximum absolute atomic E-state index is 12.8. The summed E-state index contributed by atoms with van der Waals surface area (Å²) in [6, 6.07) is 9.15. The number of furan rings is 1. The molecule has 2 aromatic rings. The van der Waals surface area contributed by atoms with Crippen LogP contribution >= 0.6 is 0 Å². The van der Waals surface area contributed by atoms with Crippen molar-refractivity contribution in [1.29, 1.82) is 0 Å². The summed E-state index contributed by atoms with van der Waals surface area (Å²) in [5.41, 5.74) is 2.81. The smallest absolute Gasteiger partial charge is 0.289 e. The number of carbonyl (C=O) groups is 3. The lowest BCUT2D eigenvalue weighted by atomic mass is 10.1. The molecule has 7 heteroatoms. The lowest BCUT2D eigenvalue weighted by Crippen LogP contribution is -2.53. The molecule has 7 nitrogen and oxygen atoms in total. The number of carbonyl (C=O) groups excluding carboxylic acids is 3. The number of rotatable bonds is 4. The van der Waals surface area contributed by atoms with Crippen LogP contribution in [0.3, 0.4) is 0 Å². The first-order valence-electron chi connectivity index (χ1n) is 9.32. The molecule has 0 spiro atoms. The van der Waals surface area contributed by atoms with Crippen molar-refractivity contribution < 1.29 is 18.8 Å². The molecule has 0 bridgehead atoms. The second-order valence-electron chi connectivity index (χ2n) is 7.10. The fourth-order valence-corrected chi connectivity index (χ4v) is 3.44. The van der Waals surface area contributed by atoms with Crippen LogP contribution in [0.1, 0.15) is 28.6 Å². The van der Waals surface area contributed by atoms with Gasteiger partial charge in [-0.2, -0.15) is 0 Å². The van der Waals surface area contributed by atoms with Crippen molar-refractivity contribution in [2.45, 2.75) is 20.8 Å². The van der Waals surface area contributed by atoms with E-state index in [4.69, 9.17) is 4.42 Å². The Hall–Kier alpha value is -3.09. The minimum atomic E-state index is -0.176. The van der Waals surface area contributed by atoms with Gasteiger partial charge in [0.1, 0.15) is 6.54 Å². The van der Waals surface area contributed by atoms with Gasteiger partial charge in [0, 0.05) is 38.8 Å². The Bertz CT molecular complexity index is 848. The Kier molecular flexibility index (Phi) is 5.82. The summed E-state index contributed by atoms with van der Waals surface area (Å²) in [5, 5.41) is 0. The number of benzene rings is 1. The maximum Gasteiger partial charge on any atom is 0.289 e. The third-order valence-corrected chi connectivity index (χ3v) is 4.84. The van der Waals surface area contributed by atoms with Gasteiger partial charge in [-0.1, -0.05) is 6.07 Å². The molecule has 0 saturated carbocycles. The van der Waals surface area contributed by atoms with Crippen LogP contribution in [-0.2, 0) is 9.59 Å². The van der Waals surface area contributed by atoms with Crippen LogP contribution in [0.25, 0.3) is 0 Å². The minimum absolute atomic E-state index is 0.00957. The predicted octanol–water partition coefficient (Wildman–Crippen LogP) is 2.23. The van der Waals surface area contributed by atoms with Gasteiger partial charge in [-0.15, -0.1) is 0 Å². The molecular weight excluding hydrogens is 358 g/mol. The standard InChI is InChI=1S/C21H25N3O4/c1-15-11-16(2)13-18(12-15)24(17(3)25)14-20(26)22-6-8-23(9-7-22)21(27)19-5-4-10-28-19/h4-5,10-13H,6-9,14H2,1-3H3. The third-order valence-electron chi connectivity index (χ3n) is 4.84. The molecule has 3 amide bonds. The van der Waals surface area contributed by atoms with Gasteiger partial charge in [0.05, 0.1) is 6.26 Å². The van der Waals surface area contributed by atoms with Crippen molar-refractivity contribution in [3.8, 4) is 0 Å². The number of aryl methyl sites for hydroxylation is 2. The number of amides is 3. The van der Waals surface area contributed by atoms with Gasteiger partial charge in [0.25, 0.3) is 5.91 Å². The van der Waals surface area contributed by atoms with E-state index in [-0.39, 0.29) is 24.3 Å². The zero-order chi connectivity index (χ0) is 20.3. The van der Waals surface area contributed by atoms with Crippen LogP contribution in [-0.4, -0.2) is 60.2 Å². The summed E-state index contributed by atoms with van der Waals surface area (Å²) >= 11 is 0. The maximum atomic E-state index is 12.8. The Morgan fingerprint density at radius 3 is 2.14 bits per heavy atom. The summed E-state index contributed by atoms with van der Waals surface area (Å²) in [4.78, 5) is 42.1. The van der Waals surface area contributed by atoms with E-state index in [0.29, 0.717) is 31.9 Å². The van der Waals surface area contributed by atoms with Gasteiger partial charge in [0.15, 0.2) is 5.76 Å². The fraction of sp³-hybridized carbons (Fsp3) is 0.381. The number of hydrogen-bond donors (Lipinski definition) is 0. The molecule has 1 saturated heterocycles. The first-order chi connectivity index (χ1) is 13.3. The summed E-state index contributed by atoms with van der Waals surface area (Å²) in [6.45, 7) is 7.13. The number of anilines is 1. The van der Waals surface area contributed by atoms with Crippen molar-refractivity contribution in [3.63, 3.8) is 0 Å². The van der Waals surface area contributed by atoms with Crippen LogP contribution < -0.4 is 4.90 Å². The SMILES string of the molecule is CC(=O)N(CC(=O)N1CCN(C(=O)c2ccco2)CC1)c1cc(C)cc(C)c1. The van der Waals surface area contributed by atoms with Crippen molar-refractivity contribution in [3.05, 3.63) is 53.5 Å². The fourth-order valence-electron chi connectivity index (χ4n) is 3.44. The highest BCUT2D eigenvalue weighted by Gasteiger charge is 2.27. The van der Waals surface area contributed by atoms with E-state index in [0.717, 1.165) is 16.8 Å². The molecule has 3 rings (SSSR count). The second kappa shape index (κ2) is 8.29. The average molecular weight is 383 g/mol. The molecule has 0 unspecified atom stereocenters. The molecule has 0 N–H and O–H groups in total. The zero-order valence-corrected chi connectivity index (χ0v) is 16.5. The van der Waals surface area contributed by atoms with E-state index in [9.17, 15) is 14.4 Å². The summed E-state index contributed by atoms with van der Waals surface area (Å²) < 4.78 is 5.15.